The van der Waals surface area contributed by atoms with Crippen molar-refractivity contribution in [2.24, 2.45) is 0 Å². The molecule has 0 heterocycles. The smallest absolute Gasteiger partial charge is 0.00987 e. The Morgan fingerprint density at radius 1 is 0.312 bits per heavy atom. The highest BCUT2D eigenvalue weighted by molar-refractivity contribution is 6.14. The Kier molecular flexibility index (Phi) is 9.07. The van der Waals surface area contributed by atoms with E-state index in [1.807, 2.05) is 0 Å². The summed E-state index contributed by atoms with van der Waals surface area (Å²) in [6, 6.07) is 56.0. The molecule has 0 bridgehead atoms. The monoisotopic (exact) mass is 614 g/mol. The second-order valence-electron chi connectivity index (χ2n) is 12.2. The molecule has 0 amide bonds. The van der Waals surface area contributed by atoms with E-state index >= 15 is 0 Å². The summed E-state index contributed by atoms with van der Waals surface area (Å²) in [5.41, 5.74) is 12.2. The van der Waals surface area contributed by atoms with Crippen LogP contribution in [0.4, 0.5) is 0 Å². The van der Waals surface area contributed by atoms with Gasteiger partial charge < -0.3 is 0 Å². The molecule has 0 aromatic heterocycles. The zero-order valence-corrected chi connectivity index (χ0v) is 27.5. The maximum atomic E-state index is 2.30. The Morgan fingerprint density at radius 3 is 0.958 bits per heavy atom. The van der Waals surface area contributed by atoms with Crippen LogP contribution >= 0.6 is 0 Å². The van der Waals surface area contributed by atoms with Gasteiger partial charge in [-0.05, 0) is 91.0 Å². The Balaban J connectivity index is 1.31. The van der Waals surface area contributed by atoms with Crippen molar-refractivity contribution in [1.29, 1.82) is 0 Å². The SMILES string of the molecule is CC(=Cc1ccccc1C=Cc1c2ccccc2c(C=Cc2ccccc2C=C(C)c2ccccc2)c2ccccc12)c1ccccc1. The predicted molar refractivity (Wildman–Crippen MR) is 212 cm³/mol. The number of fused-ring (bicyclic) bond motifs is 2. The van der Waals surface area contributed by atoms with Gasteiger partial charge in [-0.2, -0.15) is 0 Å². The van der Waals surface area contributed by atoms with Gasteiger partial charge in [0.05, 0.1) is 0 Å². The standard InChI is InChI=1S/C48H38/c1-35(37-17-5-3-6-18-37)33-41-23-11-9-21-39(41)29-31-47-43-25-13-15-27-45(43)48(46-28-16-14-26-44(46)47)32-30-40-22-10-12-24-42(40)34-36(2)38-19-7-4-8-20-38/h3-34H,1-2H3. The Hall–Kier alpha value is -5.98. The van der Waals surface area contributed by atoms with E-state index in [2.05, 4.69) is 208 Å². The van der Waals surface area contributed by atoms with Gasteiger partial charge in [0.15, 0.2) is 0 Å². The van der Waals surface area contributed by atoms with Gasteiger partial charge in [0, 0.05) is 0 Å². The molecular formula is C48H38. The highest BCUT2D eigenvalue weighted by atomic mass is 14.1. The lowest BCUT2D eigenvalue weighted by molar-refractivity contribution is 1.56. The summed E-state index contributed by atoms with van der Waals surface area (Å²) < 4.78 is 0. The molecule has 7 aromatic carbocycles. The minimum absolute atomic E-state index is 1.19. The van der Waals surface area contributed by atoms with E-state index in [0.717, 1.165) is 0 Å². The first-order valence-electron chi connectivity index (χ1n) is 16.6. The molecule has 0 saturated heterocycles. The first kappa shape index (κ1) is 30.7. The molecule has 0 unspecified atom stereocenters. The molecule has 0 fully saturated rings. The first-order chi connectivity index (χ1) is 23.7. The van der Waals surface area contributed by atoms with Crippen molar-refractivity contribution < 1.29 is 0 Å². The highest BCUT2D eigenvalue weighted by Gasteiger charge is 2.11. The van der Waals surface area contributed by atoms with E-state index in [0.29, 0.717) is 0 Å². The van der Waals surface area contributed by atoms with E-state index in [4.69, 9.17) is 0 Å². The van der Waals surface area contributed by atoms with Gasteiger partial charge in [-0.15, -0.1) is 0 Å². The molecule has 7 rings (SSSR count). The first-order valence-corrected chi connectivity index (χ1v) is 16.6. The van der Waals surface area contributed by atoms with Crippen LogP contribution in [-0.4, -0.2) is 0 Å². The van der Waals surface area contributed by atoms with E-state index in [9.17, 15) is 0 Å². The zero-order chi connectivity index (χ0) is 32.7. The summed E-state index contributed by atoms with van der Waals surface area (Å²) in [5, 5.41) is 4.98. The van der Waals surface area contributed by atoms with E-state index < -0.39 is 0 Å². The minimum Gasteiger partial charge on any atom is -0.0622 e. The molecule has 7 aromatic rings. The van der Waals surface area contributed by atoms with Crippen LogP contribution in [0.25, 0.3) is 69.1 Å². The third kappa shape index (κ3) is 6.61. The van der Waals surface area contributed by atoms with Crippen LogP contribution < -0.4 is 0 Å². The number of rotatable bonds is 8. The van der Waals surface area contributed by atoms with Crippen LogP contribution in [0.2, 0.25) is 0 Å². The van der Waals surface area contributed by atoms with Crippen LogP contribution in [-0.2, 0) is 0 Å². The van der Waals surface area contributed by atoms with Crippen molar-refractivity contribution in [3.05, 3.63) is 202 Å². The number of allylic oxidation sites excluding steroid dienone is 2. The quantitative estimate of drug-likeness (QED) is 0.118. The third-order valence-corrected chi connectivity index (χ3v) is 9.07. The van der Waals surface area contributed by atoms with Crippen molar-refractivity contribution in [3.8, 4) is 0 Å². The van der Waals surface area contributed by atoms with Crippen LogP contribution in [0.5, 0.6) is 0 Å². The molecule has 0 heteroatoms. The predicted octanol–water partition coefficient (Wildman–Crippen LogP) is 13.5. The van der Waals surface area contributed by atoms with E-state index in [1.54, 1.807) is 0 Å². The average molecular weight is 615 g/mol. The largest absolute Gasteiger partial charge is 0.0622 e. The van der Waals surface area contributed by atoms with Gasteiger partial charge in [-0.1, -0.05) is 194 Å². The number of hydrogen-bond acceptors (Lipinski definition) is 0. The fourth-order valence-corrected chi connectivity index (χ4v) is 6.52. The van der Waals surface area contributed by atoms with Crippen molar-refractivity contribution >= 4 is 69.1 Å². The summed E-state index contributed by atoms with van der Waals surface area (Å²) >= 11 is 0. The normalized spacial score (nSPS) is 12.5. The van der Waals surface area contributed by atoms with Gasteiger partial charge in [-0.25, -0.2) is 0 Å². The Bertz CT molecular complexity index is 2110. The van der Waals surface area contributed by atoms with Crippen molar-refractivity contribution in [1.82, 2.24) is 0 Å². The molecule has 0 aliphatic carbocycles. The molecule has 0 aliphatic rings. The number of benzene rings is 7. The van der Waals surface area contributed by atoms with Crippen molar-refractivity contribution in [2.75, 3.05) is 0 Å². The van der Waals surface area contributed by atoms with Gasteiger partial charge in [0.2, 0.25) is 0 Å². The van der Waals surface area contributed by atoms with Crippen LogP contribution in [0, 0.1) is 0 Å². The lowest BCUT2D eigenvalue weighted by Gasteiger charge is -2.13. The van der Waals surface area contributed by atoms with Crippen LogP contribution in [0.1, 0.15) is 58.4 Å². The molecule has 0 nitrogen and oxygen atoms in total. The summed E-state index contributed by atoms with van der Waals surface area (Å²) in [7, 11) is 0. The maximum absolute atomic E-state index is 2.30. The molecule has 0 aliphatic heterocycles. The number of hydrogen-bond donors (Lipinski definition) is 0. The lowest BCUT2D eigenvalue weighted by Crippen LogP contribution is -1.89. The van der Waals surface area contributed by atoms with Gasteiger partial charge in [0.1, 0.15) is 0 Å². The average Bonchev–Trinajstić information content (AvgIpc) is 3.14. The molecular weight excluding hydrogens is 577 g/mol. The van der Waals surface area contributed by atoms with Gasteiger partial charge in [0.25, 0.3) is 0 Å². The fourth-order valence-electron chi connectivity index (χ4n) is 6.52. The molecule has 230 valence electrons. The molecule has 0 atom stereocenters. The van der Waals surface area contributed by atoms with E-state index in [-0.39, 0.29) is 0 Å². The highest BCUT2D eigenvalue weighted by Crippen LogP contribution is 2.36. The zero-order valence-electron chi connectivity index (χ0n) is 27.5. The Morgan fingerprint density at radius 2 is 0.604 bits per heavy atom. The molecule has 0 spiro atoms. The van der Waals surface area contributed by atoms with Crippen molar-refractivity contribution in [3.63, 3.8) is 0 Å². The summed E-state index contributed by atoms with van der Waals surface area (Å²) in [4.78, 5) is 0. The summed E-state index contributed by atoms with van der Waals surface area (Å²) in [5.74, 6) is 0. The fraction of sp³-hybridized carbons (Fsp3) is 0.0417. The van der Waals surface area contributed by atoms with Crippen LogP contribution in [0.15, 0.2) is 158 Å². The molecule has 0 radical (unpaired) electrons. The topological polar surface area (TPSA) is 0 Å². The van der Waals surface area contributed by atoms with Gasteiger partial charge >= 0.3 is 0 Å². The lowest BCUT2D eigenvalue weighted by atomic mass is 9.90. The Labute approximate surface area is 284 Å². The second-order valence-corrected chi connectivity index (χ2v) is 12.2. The third-order valence-electron chi connectivity index (χ3n) is 9.07. The molecule has 0 saturated carbocycles. The maximum Gasteiger partial charge on any atom is -0.00987 e. The molecule has 48 heavy (non-hydrogen) atoms. The summed E-state index contributed by atoms with van der Waals surface area (Å²) in [6.45, 7) is 4.37. The minimum atomic E-state index is 1.19. The van der Waals surface area contributed by atoms with Gasteiger partial charge in [-0.3, -0.25) is 0 Å². The van der Waals surface area contributed by atoms with E-state index in [1.165, 1.54) is 77.2 Å². The second kappa shape index (κ2) is 14.2. The van der Waals surface area contributed by atoms with Crippen molar-refractivity contribution in [2.45, 2.75) is 13.8 Å². The molecule has 0 N–H and O–H groups in total. The van der Waals surface area contributed by atoms with Crippen LogP contribution in [0.3, 0.4) is 0 Å². The summed E-state index contributed by atoms with van der Waals surface area (Å²) in [6.07, 6.45) is 13.7.